The van der Waals surface area contributed by atoms with Gasteiger partial charge in [0.15, 0.2) is 0 Å². The second kappa shape index (κ2) is 6.62. The largest absolute Gasteiger partial charge is 0.271 e. The Morgan fingerprint density at radius 2 is 2.00 bits per heavy atom. The molecule has 4 nitrogen and oxygen atoms in total. The average molecular weight is 425 g/mol. The summed E-state index contributed by atoms with van der Waals surface area (Å²) in [5, 5.41) is 5.57. The molecule has 1 atom stereocenters. The standard InChI is InChI=1S/C13H15Cl2IN4/c1-7(2)20-13(10(15)6-18-20)12(19-17)8-3-4-11(16)9(14)5-8/h3-7,12,19H,17H2,1-2H3. The molecule has 1 heterocycles. The van der Waals surface area contributed by atoms with Crippen molar-refractivity contribution >= 4 is 45.8 Å². The smallest absolute Gasteiger partial charge is 0.0894 e. The maximum atomic E-state index is 6.27. The SMILES string of the molecule is CC(C)n1ncc(Cl)c1C(NN)c1ccc(I)c(Cl)c1. The van der Waals surface area contributed by atoms with Crippen LogP contribution in [0.3, 0.4) is 0 Å². The Balaban J connectivity index is 2.52. The molecule has 0 saturated heterocycles. The first kappa shape index (κ1) is 16.0. The molecule has 0 fully saturated rings. The van der Waals surface area contributed by atoms with Gasteiger partial charge >= 0.3 is 0 Å². The van der Waals surface area contributed by atoms with Crippen LogP contribution in [0.1, 0.15) is 37.2 Å². The van der Waals surface area contributed by atoms with Crippen molar-refractivity contribution in [2.45, 2.75) is 25.9 Å². The Morgan fingerprint density at radius 1 is 1.30 bits per heavy atom. The van der Waals surface area contributed by atoms with Gasteiger partial charge in [0.25, 0.3) is 0 Å². The quantitative estimate of drug-likeness (QED) is 0.444. The van der Waals surface area contributed by atoms with E-state index in [9.17, 15) is 0 Å². The van der Waals surface area contributed by atoms with Crippen molar-refractivity contribution in [2.75, 3.05) is 0 Å². The Hall–Kier alpha value is -0.340. The molecule has 1 aromatic carbocycles. The van der Waals surface area contributed by atoms with Crippen molar-refractivity contribution < 1.29 is 0 Å². The normalized spacial score (nSPS) is 12.9. The molecule has 0 amide bonds. The van der Waals surface area contributed by atoms with Crippen molar-refractivity contribution in [1.82, 2.24) is 15.2 Å². The van der Waals surface area contributed by atoms with Gasteiger partial charge in [0.05, 0.1) is 28.0 Å². The van der Waals surface area contributed by atoms with Crippen LogP contribution in [-0.4, -0.2) is 9.78 Å². The summed E-state index contributed by atoms with van der Waals surface area (Å²) in [6.07, 6.45) is 1.63. The zero-order chi connectivity index (χ0) is 14.9. The molecule has 0 radical (unpaired) electrons. The van der Waals surface area contributed by atoms with Crippen LogP contribution in [0.25, 0.3) is 0 Å². The summed E-state index contributed by atoms with van der Waals surface area (Å²) in [4.78, 5) is 0. The lowest BCUT2D eigenvalue weighted by molar-refractivity contribution is 0.476. The highest BCUT2D eigenvalue weighted by Gasteiger charge is 2.22. The van der Waals surface area contributed by atoms with Crippen LogP contribution in [0.4, 0.5) is 0 Å². The summed E-state index contributed by atoms with van der Waals surface area (Å²) >= 11 is 14.6. The molecule has 1 aromatic heterocycles. The molecule has 3 N–H and O–H groups in total. The van der Waals surface area contributed by atoms with Gasteiger partial charge in [-0.15, -0.1) is 0 Å². The van der Waals surface area contributed by atoms with Crippen LogP contribution >= 0.6 is 45.8 Å². The van der Waals surface area contributed by atoms with E-state index in [0.717, 1.165) is 14.8 Å². The third kappa shape index (κ3) is 3.12. The van der Waals surface area contributed by atoms with Crippen molar-refractivity contribution in [3.8, 4) is 0 Å². The summed E-state index contributed by atoms with van der Waals surface area (Å²) < 4.78 is 2.85. The van der Waals surface area contributed by atoms with E-state index in [1.165, 1.54) is 0 Å². The van der Waals surface area contributed by atoms with E-state index >= 15 is 0 Å². The molecule has 108 valence electrons. The molecular weight excluding hydrogens is 410 g/mol. The highest BCUT2D eigenvalue weighted by atomic mass is 127. The average Bonchev–Trinajstić information content (AvgIpc) is 2.77. The van der Waals surface area contributed by atoms with Gasteiger partial charge in [-0.05, 0) is 54.1 Å². The fourth-order valence-electron chi connectivity index (χ4n) is 2.06. The van der Waals surface area contributed by atoms with Gasteiger partial charge in [-0.3, -0.25) is 10.5 Å². The lowest BCUT2D eigenvalue weighted by atomic mass is 10.0. The van der Waals surface area contributed by atoms with Crippen LogP contribution in [0.2, 0.25) is 10.0 Å². The number of halogens is 3. The second-order valence-corrected chi connectivity index (χ2v) is 6.67. The number of nitrogens with one attached hydrogen (secondary N) is 1. The highest BCUT2D eigenvalue weighted by molar-refractivity contribution is 14.1. The molecule has 0 bridgehead atoms. The fourth-order valence-corrected chi connectivity index (χ4v) is 2.82. The summed E-state index contributed by atoms with van der Waals surface area (Å²) in [7, 11) is 0. The number of nitrogens with zero attached hydrogens (tertiary/aromatic N) is 2. The Kier molecular flexibility index (Phi) is 5.30. The number of hydrogen-bond donors (Lipinski definition) is 2. The van der Waals surface area contributed by atoms with E-state index in [4.69, 9.17) is 29.0 Å². The van der Waals surface area contributed by atoms with Crippen molar-refractivity contribution in [3.05, 3.63) is 49.3 Å². The van der Waals surface area contributed by atoms with E-state index < -0.39 is 0 Å². The minimum absolute atomic E-state index is 0.188. The first-order chi connectivity index (χ1) is 9.45. The molecule has 2 aromatic rings. The third-order valence-corrected chi connectivity index (χ3v) is 4.86. The molecular formula is C13H15Cl2IN4. The predicted octanol–water partition coefficient (Wildman–Crippen LogP) is 3.93. The number of benzene rings is 1. The minimum Gasteiger partial charge on any atom is -0.271 e. The maximum Gasteiger partial charge on any atom is 0.0894 e. The topological polar surface area (TPSA) is 55.9 Å². The van der Waals surface area contributed by atoms with E-state index in [-0.39, 0.29) is 12.1 Å². The van der Waals surface area contributed by atoms with Gasteiger partial charge in [-0.2, -0.15) is 5.10 Å². The van der Waals surface area contributed by atoms with Crippen LogP contribution in [0.15, 0.2) is 24.4 Å². The van der Waals surface area contributed by atoms with Gasteiger partial charge in [0.1, 0.15) is 0 Å². The molecule has 0 aliphatic heterocycles. The number of rotatable bonds is 4. The molecule has 20 heavy (non-hydrogen) atoms. The van der Waals surface area contributed by atoms with Crippen LogP contribution in [0, 0.1) is 3.57 Å². The monoisotopic (exact) mass is 424 g/mol. The second-order valence-electron chi connectivity index (χ2n) is 4.69. The lowest BCUT2D eigenvalue weighted by Gasteiger charge is -2.21. The zero-order valence-corrected chi connectivity index (χ0v) is 14.7. The Bertz CT molecular complexity index is 612. The summed E-state index contributed by atoms with van der Waals surface area (Å²) in [6.45, 7) is 4.09. The zero-order valence-electron chi connectivity index (χ0n) is 11.1. The lowest BCUT2D eigenvalue weighted by Crippen LogP contribution is -2.31. The number of nitrogens with two attached hydrogens (primary N) is 1. The molecule has 2 rings (SSSR count). The first-order valence-electron chi connectivity index (χ1n) is 6.09. The van der Waals surface area contributed by atoms with Gasteiger partial charge in [-0.1, -0.05) is 29.3 Å². The molecule has 0 saturated carbocycles. The highest BCUT2D eigenvalue weighted by Crippen LogP contribution is 2.31. The van der Waals surface area contributed by atoms with Crippen LogP contribution in [0.5, 0.6) is 0 Å². The van der Waals surface area contributed by atoms with Crippen LogP contribution in [-0.2, 0) is 0 Å². The summed E-state index contributed by atoms with van der Waals surface area (Å²) in [6, 6.07) is 5.75. The molecule has 0 aliphatic carbocycles. The van der Waals surface area contributed by atoms with Crippen molar-refractivity contribution in [2.24, 2.45) is 5.84 Å². The van der Waals surface area contributed by atoms with Gasteiger partial charge < -0.3 is 0 Å². The van der Waals surface area contributed by atoms with Crippen LogP contribution < -0.4 is 11.3 Å². The van der Waals surface area contributed by atoms with Gasteiger partial charge in [0, 0.05) is 9.61 Å². The fraction of sp³-hybridized carbons (Fsp3) is 0.308. The number of hydrazine groups is 1. The first-order valence-corrected chi connectivity index (χ1v) is 7.93. The third-order valence-electron chi connectivity index (χ3n) is 2.99. The Morgan fingerprint density at radius 3 is 2.55 bits per heavy atom. The van der Waals surface area contributed by atoms with Gasteiger partial charge in [-0.25, -0.2) is 5.43 Å². The van der Waals surface area contributed by atoms with Gasteiger partial charge in [0.2, 0.25) is 0 Å². The molecule has 7 heteroatoms. The number of hydrogen-bond acceptors (Lipinski definition) is 3. The summed E-state index contributed by atoms with van der Waals surface area (Å²) in [5.41, 5.74) is 4.58. The molecule has 1 unspecified atom stereocenters. The van der Waals surface area contributed by atoms with Crippen molar-refractivity contribution in [3.63, 3.8) is 0 Å². The van der Waals surface area contributed by atoms with Crippen molar-refractivity contribution in [1.29, 1.82) is 0 Å². The van der Waals surface area contributed by atoms with E-state index in [0.29, 0.717) is 10.0 Å². The Labute approximate surface area is 141 Å². The number of aromatic nitrogens is 2. The maximum absolute atomic E-state index is 6.27. The minimum atomic E-state index is -0.262. The summed E-state index contributed by atoms with van der Waals surface area (Å²) in [5.74, 6) is 5.73. The van der Waals surface area contributed by atoms with E-state index in [1.54, 1.807) is 6.20 Å². The molecule has 0 aliphatic rings. The predicted molar refractivity (Wildman–Crippen MR) is 91.0 cm³/mol. The molecule has 0 spiro atoms. The van der Waals surface area contributed by atoms with E-state index in [1.807, 2.05) is 36.7 Å². The van der Waals surface area contributed by atoms with E-state index in [2.05, 4.69) is 33.1 Å².